The number of hydrogen-bond donors (Lipinski definition) is 0. The van der Waals surface area contributed by atoms with Gasteiger partial charge in [-0.2, -0.15) is 0 Å². The summed E-state index contributed by atoms with van der Waals surface area (Å²) in [5.41, 5.74) is 2.36. The Bertz CT molecular complexity index is 749. The molecule has 8 atom stereocenters. The van der Waals surface area contributed by atoms with E-state index in [1.807, 2.05) is 0 Å². The van der Waals surface area contributed by atoms with E-state index in [1.54, 1.807) is 51.4 Å². The fourth-order valence-electron chi connectivity index (χ4n) is 10.1. The van der Waals surface area contributed by atoms with Crippen LogP contribution in [0.4, 0.5) is 0 Å². The van der Waals surface area contributed by atoms with Crippen molar-refractivity contribution in [1.82, 2.24) is 0 Å². The molecule has 8 rings (SSSR count). The van der Waals surface area contributed by atoms with E-state index in [0.29, 0.717) is 5.41 Å². The lowest BCUT2D eigenvalue weighted by Gasteiger charge is -2.59. The molecule has 0 aromatic heterocycles. The van der Waals surface area contributed by atoms with Crippen LogP contribution in [0, 0.1) is 51.8 Å². The van der Waals surface area contributed by atoms with Crippen molar-refractivity contribution in [3.8, 4) is 0 Å². The van der Waals surface area contributed by atoms with Gasteiger partial charge < -0.3 is 0 Å². The molecule has 0 nitrogen and oxygen atoms in total. The van der Waals surface area contributed by atoms with Crippen molar-refractivity contribution in [2.75, 3.05) is 0 Å². The Morgan fingerprint density at radius 1 is 0.618 bits per heavy atom. The smallest absolute Gasteiger partial charge is 0.0229 e. The Balaban J connectivity index is 0.000000118. The van der Waals surface area contributed by atoms with Gasteiger partial charge in [0.05, 0.1) is 0 Å². The minimum absolute atomic E-state index is 0.654. The van der Waals surface area contributed by atoms with Gasteiger partial charge >= 0.3 is 0 Å². The van der Waals surface area contributed by atoms with E-state index in [2.05, 4.69) is 38.2 Å². The van der Waals surface area contributed by atoms with Crippen LogP contribution in [0.15, 0.2) is 24.3 Å². The predicted molar refractivity (Wildman–Crippen MR) is 146 cm³/mol. The zero-order valence-electron chi connectivity index (χ0n) is 22.7. The molecule has 0 aromatic rings. The van der Waals surface area contributed by atoms with Gasteiger partial charge in [0.15, 0.2) is 0 Å². The Kier molecular flexibility index (Phi) is 6.60. The van der Waals surface area contributed by atoms with Crippen molar-refractivity contribution in [2.45, 2.75) is 136 Å². The van der Waals surface area contributed by atoms with Crippen molar-refractivity contribution < 1.29 is 0 Å². The second kappa shape index (κ2) is 9.41. The standard InChI is InChI=1S/C19H30.C9H14.C6H10/c1-18-11-5-7-16(18)15-9-8-14-6-3-4-12-19(14,2)17(15)10-13-18;1-2-4-6-9-7-8(9)5-3-1;1-2-6(3-1)4-5-6/h3-4,14-17H,5-13H2,1-2H3;1-2,8-9H,3-7H2;1-5H2. The van der Waals surface area contributed by atoms with Crippen LogP contribution in [0.25, 0.3) is 0 Å². The van der Waals surface area contributed by atoms with Crippen LogP contribution >= 0.6 is 0 Å². The summed E-state index contributed by atoms with van der Waals surface area (Å²) in [7, 11) is 0. The van der Waals surface area contributed by atoms with E-state index in [1.165, 1.54) is 70.6 Å². The van der Waals surface area contributed by atoms with Crippen LogP contribution in [0.3, 0.4) is 0 Å². The Morgan fingerprint density at radius 2 is 1.38 bits per heavy atom. The Morgan fingerprint density at radius 3 is 2.03 bits per heavy atom. The highest BCUT2D eigenvalue weighted by molar-refractivity contribution is 5.11. The maximum Gasteiger partial charge on any atom is -0.0229 e. The maximum absolute atomic E-state index is 2.65. The lowest BCUT2D eigenvalue weighted by molar-refractivity contribution is -0.0870. The molecule has 0 aromatic carbocycles. The summed E-state index contributed by atoms with van der Waals surface area (Å²) in [6, 6.07) is 0. The van der Waals surface area contributed by atoms with Gasteiger partial charge in [-0.1, -0.05) is 51.0 Å². The molecule has 1 spiro atoms. The molecule has 6 saturated carbocycles. The summed E-state index contributed by atoms with van der Waals surface area (Å²) in [4.78, 5) is 0. The van der Waals surface area contributed by atoms with Gasteiger partial charge in [0, 0.05) is 0 Å². The number of fused-ring (bicyclic) bond motifs is 6. The number of allylic oxidation sites excluding steroid dienone is 4. The van der Waals surface area contributed by atoms with E-state index in [0.717, 1.165) is 46.3 Å². The minimum Gasteiger partial charge on any atom is -0.0885 e. The second-order valence-electron chi connectivity index (χ2n) is 14.9. The van der Waals surface area contributed by atoms with Crippen molar-refractivity contribution in [3.63, 3.8) is 0 Å². The first-order valence-corrected chi connectivity index (χ1v) is 15.8. The van der Waals surface area contributed by atoms with E-state index >= 15 is 0 Å². The van der Waals surface area contributed by atoms with E-state index < -0.39 is 0 Å². The molecule has 8 aliphatic rings. The van der Waals surface area contributed by atoms with Gasteiger partial charge in [-0.3, -0.25) is 0 Å². The van der Waals surface area contributed by atoms with Crippen LogP contribution in [0.5, 0.6) is 0 Å². The molecule has 6 fully saturated rings. The summed E-state index contributed by atoms with van der Waals surface area (Å²) in [5, 5.41) is 0. The largest absolute Gasteiger partial charge is 0.0885 e. The van der Waals surface area contributed by atoms with E-state index in [-0.39, 0.29) is 0 Å². The lowest BCUT2D eigenvalue weighted by atomic mass is 9.46. The molecule has 0 heterocycles. The van der Waals surface area contributed by atoms with Gasteiger partial charge in [-0.15, -0.1) is 0 Å². The summed E-state index contributed by atoms with van der Waals surface area (Å²) in [6.07, 6.45) is 38.1. The van der Waals surface area contributed by atoms with Crippen LogP contribution in [0.2, 0.25) is 0 Å². The third kappa shape index (κ3) is 4.63. The second-order valence-corrected chi connectivity index (χ2v) is 14.9. The summed E-state index contributed by atoms with van der Waals surface area (Å²) in [5.74, 6) is 6.48. The zero-order valence-corrected chi connectivity index (χ0v) is 22.7. The molecule has 0 aliphatic heterocycles. The van der Waals surface area contributed by atoms with Gasteiger partial charge in [0.25, 0.3) is 0 Å². The van der Waals surface area contributed by atoms with Crippen molar-refractivity contribution >= 4 is 0 Å². The molecule has 0 radical (unpaired) electrons. The molecule has 0 N–H and O–H groups in total. The van der Waals surface area contributed by atoms with Gasteiger partial charge in [0.2, 0.25) is 0 Å². The zero-order chi connectivity index (χ0) is 23.2. The van der Waals surface area contributed by atoms with Crippen LogP contribution in [-0.4, -0.2) is 0 Å². The first kappa shape index (κ1) is 23.9. The molecule has 0 saturated heterocycles. The van der Waals surface area contributed by atoms with E-state index in [4.69, 9.17) is 0 Å². The third-order valence-corrected chi connectivity index (χ3v) is 13.0. The first-order valence-electron chi connectivity index (χ1n) is 15.8. The molecule has 0 amide bonds. The fourth-order valence-corrected chi connectivity index (χ4v) is 10.1. The summed E-state index contributed by atoms with van der Waals surface area (Å²) in [6.45, 7) is 5.27. The summed E-state index contributed by atoms with van der Waals surface area (Å²) >= 11 is 0. The highest BCUT2D eigenvalue weighted by Gasteiger charge is 2.56. The quantitative estimate of drug-likeness (QED) is 0.314. The van der Waals surface area contributed by atoms with Crippen molar-refractivity contribution in [1.29, 1.82) is 0 Å². The highest BCUT2D eigenvalue weighted by atomic mass is 14.6. The molecule has 8 aliphatic carbocycles. The first-order chi connectivity index (χ1) is 16.5. The third-order valence-electron chi connectivity index (χ3n) is 13.0. The normalized spacial score (nSPS) is 48.6. The molecule has 0 bridgehead atoms. The molecule has 8 unspecified atom stereocenters. The summed E-state index contributed by atoms with van der Waals surface area (Å²) < 4.78 is 0. The molecule has 34 heavy (non-hydrogen) atoms. The number of rotatable bonds is 0. The average molecular weight is 463 g/mol. The monoisotopic (exact) mass is 462 g/mol. The molecule has 0 heteroatoms. The van der Waals surface area contributed by atoms with Crippen molar-refractivity contribution in [2.24, 2.45) is 51.8 Å². The van der Waals surface area contributed by atoms with Crippen molar-refractivity contribution in [3.05, 3.63) is 24.3 Å². The van der Waals surface area contributed by atoms with Crippen LogP contribution < -0.4 is 0 Å². The van der Waals surface area contributed by atoms with Crippen LogP contribution in [-0.2, 0) is 0 Å². The van der Waals surface area contributed by atoms with Gasteiger partial charge in [-0.25, -0.2) is 0 Å². The highest BCUT2D eigenvalue weighted by Crippen LogP contribution is 2.65. The van der Waals surface area contributed by atoms with Gasteiger partial charge in [0.1, 0.15) is 0 Å². The fraction of sp³-hybridized carbons (Fsp3) is 0.882. The predicted octanol–water partition coefficient (Wildman–Crippen LogP) is 10.3. The topological polar surface area (TPSA) is 0 Å². The maximum atomic E-state index is 2.65. The SMILES string of the molecule is C1=CCCC2CC2CC1.C1CC2(C1)CC2.CC12CCCC1C1CCC3CC=CCC3(C)C1CC2. The molecule has 190 valence electrons. The molecular weight excluding hydrogens is 408 g/mol. The Hall–Kier alpha value is -0.520. The Labute approximate surface area is 211 Å². The van der Waals surface area contributed by atoms with E-state index in [9.17, 15) is 0 Å². The number of hydrogen-bond acceptors (Lipinski definition) is 0. The van der Waals surface area contributed by atoms with Crippen LogP contribution in [0.1, 0.15) is 136 Å². The lowest BCUT2D eigenvalue weighted by Crippen LogP contribution is -2.51. The molecular formula is C34H54. The van der Waals surface area contributed by atoms with Gasteiger partial charge in [-0.05, 0) is 161 Å². The average Bonchev–Trinajstić information content (AvgIpc) is 3.71. The minimum atomic E-state index is 0.654.